The van der Waals surface area contributed by atoms with Crippen molar-refractivity contribution in [1.82, 2.24) is 9.78 Å². The van der Waals surface area contributed by atoms with E-state index in [0.717, 1.165) is 6.20 Å². The number of halogens is 2. The lowest BCUT2D eigenvalue weighted by Crippen LogP contribution is -2.17. The first-order chi connectivity index (χ1) is 7.04. The summed E-state index contributed by atoms with van der Waals surface area (Å²) in [6.45, 7) is -0.973. The number of aromatic nitrogens is 2. The van der Waals surface area contributed by atoms with Gasteiger partial charge in [-0.2, -0.15) is 13.9 Å². The van der Waals surface area contributed by atoms with Gasteiger partial charge >= 0.3 is 12.6 Å². The number of hydrogen-bond donors (Lipinski definition) is 1. The van der Waals surface area contributed by atoms with Gasteiger partial charge in [-0.15, -0.1) is 0 Å². The third-order valence-electron chi connectivity index (χ3n) is 1.79. The van der Waals surface area contributed by atoms with Gasteiger partial charge in [-0.1, -0.05) is 6.92 Å². The van der Waals surface area contributed by atoms with Gasteiger partial charge in [0.2, 0.25) is 0 Å². The first-order valence-corrected chi connectivity index (χ1v) is 4.34. The van der Waals surface area contributed by atoms with E-state index in [9.17, 15) is 13.6 Å². The third kappa shape index (κ3) is 2.90. The molecular formula is C8H11F2N3O2. The molecule has 0 aliphatic carbocycles. The molecule has 0 aliphatic rings. The van der Waals surface area contributed by atoms with E-state index in [0.29, 0.717) is 11.1 Å². The van der Waals surface area contributed by atoms with E-state index in [2.05, 4.69) is 5.10 Å². The fraction of sp³-hybridized carbons (Fsp3) is 0.500. The van der Waals surface area contributed by atoms with E-state index in [4.69, 9.17) is 10.5 Å². The first kappa shape index (κ1) is 11.4. The van der Waals surface area contributed by atoms with Crippen molar-refractivity contribution in [3.05, 3.63) is 18.0 Å². The molecular weight excluding hydrogens is 208 g/mol. The van der Waals surface area contributed by atoms with Crippen molar-refractivity contribution in [2.75, 3.05) is 0 Å². The van der Waals surface area contributed by atoms with Crippen molar-refractivity contribution in [3.8, 4) is 0 Å². The summed E-state index contributed by atoms with van der Waals surface area (Å²) in [7, 11) is 0. The van der Waals surface area contributed by atoms with Crippen molar-refractivity contribution in [2.45, 2.75) is 26.0 Å². The smallest absolute Gasteiger partial charge is 0.405 e. The van der Waals surface area contributed by atoms with Crippen LogP contribution in [-0.2, 0) is 4.74 Å². The molecule has 1 heterocycles. The fourth-order valence-electron chi connectivity index (χ4n) is 1.13. The van der Waals surface area contributed by atoms with Gasteiger partial charge in [0.1, 0.15) is 11.8 Å². The van der Waals surface area contributed by atoms with Gasteiger partial charge in [-0.25, -0.2) is 9.48 Å². The molecule has 1 atom stereocenters. The maximum Gasteiger partial charge on any atom is 0.405 e. The largest absolute Gasteiger partial charge is 0.440 e. The van der Waals surface area contributed by atoms with E-state index in [1.807, 2.05) is 0 Å². The number of ether oxygens (including phenoxy) is 1. The summed E-state index contributed by atoms with van der Waals surface area (Å²) < 4.78 is 29.5. The summed E-state index contributed by atoms with van der Waals surface area (Å²) in [6.07, 6.45) is -0.0909. The molecule has 7 heteroatoms. The number of primary amides is 1. The molecule has 84 valence electrons. The molecule has 0 spiro atoms. The zero-order chi connectivity index (χ0) is 11.4. The summed E-state index contributed by atoms with van der Waals surface area (Å²) in [5.41, 5.74) is 5.09. The maximum atomic E-state index is 12.2. The molecule has 0 unspecified atom stereocenters. The first-order valence-electron chi connectivity index (χ1n) is 4.34. The predicted octanol–water partition coefficient (Wildman–Crippen LogP) is 1.82. The number of alkyl halides is 2. The van der Waals surface area contributed by atoms with Crippen LogP contribution in [0.2, 0.25) is 0 Å². The summed E-state index contributed by atoms with van der Waals surface area (Å²) in [5.74, 6) is 0. The fourth-order valence-corrected chi connectivity index (χ4v) is 1.13. The molecule has 15 heavy (non-hydrogen) atoms. The van der Waals surface area contributed by atoms with Gasteiger partial charge in [-0.3, -0.25) is 0 Å². The van der Waals surface area contributed by atoms with E-state index in [-0.39, 0.29) is 5.69 Å². The second kappa shape index (κ2) is 4.72. The van der Waals surface area contributed by atoms with Crippen LogP contribution in [0.3, 0.4) is 0 Å². The van der Waals surface area contributed by atoms with E-state index in [1.54, 1.807) is 6.92 Å². The Hall–Kier alpha value is -1.66. The molecule has 1 aromatic heterocycles. The number of carbonyl (C=O) groups excluding carboxylic acids is 1. The topological polar surface area (TPSA) is 70.1 Å². The zero-order valence-corrected chi connectivity index (χ0v) is 8.06. The van der Waals surface area contributed by atoms with E-state index < -0.39 is 18.7 Å². The number of carbonyl (C=O) groups is 1. The van der Waals surface area contributed by atoms with Gasteiger partial charge in [-0.05, 0) is 12.5 Å². The second-order valence-corrected chi connectivity index (χ2v) is 2.83. The van der Waals surface area contributed by atoms with Crippen LogP contribution in [0.4, 0.5) is 13.6 Å². The number of rotatable bonds is 4. The second-order valence-electron chi connectivity index (χ2n) is 2.83. The highest BCUT2D eigenvalue weighted by Gasteiger charge is 2.17. The SMILES string of the molecule is CC[C@@H](OC(N)=O)c1ccn(C(F)F)n1. The van der Waals surface area contributed by atoms with Crippen molar-refractivity contribution < 1.29 is 18.3 Å². The molecule has 0 bridgehead atoms. The Morgan fingerprint density at radius 1 is 1.73 bits per heavy atom. The molecule has 1 rings (SSSR count). The Kier molecular flexibility index (Phi) is 3.59. The van der Waals surface area contributed by atoms with Gasteiger partial charge < -0.3 is 10.5 Å². The molecule has 2 N–H and O–H groups in total. The molecule has 5 nitrogen and oxygen atoms in total. The lowest BCUT2D eigenvalue weighted by atomic mass is 10.2. The summed E-state index contributed by atoms with van der Waals surface area (Å²) in [6, 6.07) is 1.36. The van der Waals surface area contributed by atoms with Crippen molar-refractivity contribution in [1.29, 1.82) is 0 Å². The van der Waals surface area contributed by atoms with Crippen LogP contribution in [-0.4, -0.2) is 15.9 Å². The third-order valence-corrected chi connectivity index (χ3v) is 1.79. The number of amides is 1. The van der Waals surface area contributed by atoms with Crippen molar-refractivity contribution >= 4 is 6.09 Å². The Morgan fingerprint density at radius 3 is 2.80 bits per heavy atom. The number of nitrogens with two attached hydrogens (primary N) is 1. The Balaban J connectivity index is 2.78. The molecule has 1 amide bonds. The molecule has 0 fully saturated rings. The number of nitrogens with zero attached hydrogens (tertiary/aromatic N) is 2. The van der Waals surface area contributed by atoms with E-state index in [1.165, 1.54) is 6.07 Å². The summed E-state index contributed by atoms with van der Waals surface area (Å²) >= 11 is 0. The van der Waals surface area contributed by atoms with Crippen LogP contribution >= 0.6 is 0 Å². The number of hydrogen-bond acceptors (Lipinski definition) is 3. The van der Waals surface area contributed by atoms with Crippen molar-refractivity contribution in [3.63, 3.8) is 0 Å². The Bertz CT molecular complexity index is 340. The quantitative estimate of drug-likeness (QED) is 0.839. The van der Waals surface area contributed by atoms with Crippen LogP contribution < -0.4 is 5.73 Å². The minimum Gasteiger partial charge on any atom is -0.440 e. The van der Waals surface area contributed by atoms with Gasteiger partial charge in [0.25, 0.3) is 0 Å². The standard InChI is InChI=1S/C8H11F2N3O2/c1-2-6(15-8(11)14)5-3-4-13(12-5)7(9)10/h3-4,6-7H,2H2,1H3,(H2,11,14)/t6-/m1/s1. The molecule has 1 aromatic rings. The normalized spacial score (nSPS) is 12.8. The Morgan fingerprint density at radius 2 is 2.40 bits per heavy atom. The average molecular weight is 219 g/mol. The minimum absolute atomic E-state index is 0.261. The van der Waals surface area contributed by atoms with Crippen LogP contribution in [0.5, 0.6) is 0 Å². The van der Waals surface area contributed by atoms with Crippen LogP contribution in [0.1, 0.15) is 31.7 Å². The van der Waals surface area contributed by atoms with Gasteiger partial charge in [0.05, 0.1) is 0 Å². The molecule has 0 aliphatic heterocycles. The minimum atomic E-state index is -2.70. The Labute approximate surface area is 84.8 Å². The highest BCUT2D eigenvalue weighted by atomic mass is 19.3. The van der Waals surface area contributed by atoms with Crippen LogP contribution in [0, 0.1) is 0 Å². The summed E-state index contributed by atoms with van der Waals surface area (Å²) in [5, 5.41) is 3.57. The molecule has 0 saturated carbocycles. The summed E-state index contributed by atoms with van der Waals surface area (Å²) in [4.78, 5) is 10.5. The van der Waals surface area contributed by atoms with Gasteiger partial charge in [0, 0.05) is 6.20 Å². The lowest BCUT2D eigenvalue weighted by molar-refractivity contribution is 0.0536. The zero-order valence-electron chi connectivity index (χ0n) is 8.06. The lowest BCUT2D eigenvalue weighted by Gasteiger charge is -2.11. The highest BCUT2D eigenvalue weighted by Crippen LogP contribution is 2.20. The predicted molar refractivity (Wildman–Crippen MR) is 47.2 cm³/mol. The van der Waals surface area contributed by atoms with Crippen LogP contribution in [0.25, 0.3) is 0 Å². The average Bonchev–Trinajstić information content (AvgIpc) is 2.62. The maximum absolute atomic E-state index is 12.2. The molecule has 0 saturated heterocycles. The monoisotopic (exact) mass is 219 g/mol. The molecule has 0 radical (unpaired) electrons. The van der Waals surface area contributed by atoms with Crippen LogP contribution in [0.15, 0.2) is 12.3 Å². The van der Waals surface area contributed by atoms with E-state index >= 15 is 0 Å². The molecule has 0 aromatic carbocycles. The highest BCUT2D eigenvalue weighted by molar-refractivity contribution is 5.64. The van der Waals surface area contributed by atoms with Crippen molar-refractivity contribution in [2.24, 2.45) is 5.73 Å². The van der Waals surface area contributed by atoms with Gasteiger partial charge in [0.15, 0.2) is 0 Å².